The maximum atomic E-state index is 5.79. The second-order valence-electron chi connectivity index (χ2n) is 4.12. The maximum Gasteiger partial charge on any atom is 0.193 e. The lowest BCUT2D eigenvalue weighted by Crippen LogP contribution is -2.22. The molecule has 3 nitrogen and oxygen atoms in total. The van der Waals surface area contributed by atoms with Crippen molar-refractivity contribution in [1.29, 1.82) is 0 Å². The Bertz CT molecular complexity index is 349. The summed E-state index contributed by atoms with van der Waals surface area (Å²) in [6.45, 7) is 7.08. The van der Waals surface area contributed by atoms with E-state index in [0.717, 1.165) is 25.1 Å². The minimum atomic E-state index is 0.499. The molecular weight excluding hydrogens is 198 g/mol. The molecule has 0 radical (unpaired) electrons. The number of benzene rings is 1. The van der Waals surface area contributed by atoms with Gasteiger partial charge in [-0.15, -0.1) is 0 Å². The summed E-state index contributed by atoms with van der Waals surface area (Å²) in [6, 6.07) is 6.26. The van der Waals surface area contributed by atoms with Gasteiger partial charge in [0.1, 0.15) is 0 Å². The molecule has 1 aromatic rings. The number of unbranched alkanes of at least 4 members (excludes halogenated alkanes) is 1. The number of nitrogens with zero attached hydrogens (tertiary/aromatic N) is 1. The molecule has 0 aliphatic heterocycles. The lowest BCUT2D eigenvalue weighted by atomic mass is 10.1. The third-order valence-corrected chi connectivity index (χ3v) is 2.29. The average Bonchev–Trinajstić information content (AvgIpc) is 2.16. The number of nitrogens with one attached hydrogen (secondary N) is 1. The number of aryl methyl sites for hydroxylation is 2. The molecule has 3 heteroatoms. The molecule has 0 saturated heterocycles. The summed E-state index contributed by atoms with van der Waals surface area (Å²) in [5.74, 6) is 0.499. The quantitative estimate of drug-likeness (QED) is 0.465. The van der Waals surface area contributed by atoms with E-state index in [1.807, 2.05) is 0 Å². The molecule has 0 spiro atoms. The van der Waals surface area contributed by atoms with Crippen molar-refractivity contribution >= 4 is 11.6 Å². The number of nitrogens with two attached hydrogens (primary N) is 1. The van der Waals surface area contributed by atoms with E-state index in [9.17, 15) is 0 Å². The van der Waals surface area contributed by atoms with Crippen molar-refractivity contribution < 1.29 is 0 Å². The Morgan fingerprint density at radius 2 is 1.88 bits per heavy atom. The molecule has 1 rings (SSSR count). The minimum absolute atomic E-state index is 0.499. The van der Waals surface area contributed by atoms with E-state index >= 15 is 0 Å². The van der Waals surface area contributed by atoms with Gasteiger partial charge in [0.15, 0.2) is 5.96 Å². The molecule has 0 aliphatic carbocycles. The maximum absolute atomic E-state index is 5.79. The predicted octanol–water partition coefficient (Wildman–Crippen LogP) is 2.83. The summed E-state index contributed by atoms with van der Waals surface area (Å²) in [5.41, 5.74) is 9.25. The molecule has 0 amide bonds. The van der Waals surface area contributed by atoms with Crippen LogP contribution in [0.4, 0.5) is 5.69 Å². The summed E-state index contributed by atoms with van der Waals surface area (Å²) in [7, 11) is 0. The third-order valence-electron chi connectivity index (χ3n) is 2.29. The summed E-state index contributed by atoms with van der Waals surface area (Å²) < 4.78 is 0. The summed E-state index contributed by atoms with van der Waals surface area (Å²) in [4.78, 5) is 4.25. The average molecular weight is 219 g/mol. The Balaban J connectivity index is 2.61. The lowest BCUT2D eigenvalue weighted by molar-refractivity contribution is 0.807. The van der Waals surface area contributed by atoms with Gasteiger partial charge in [-0.3, -0.25) is 4.99 Å². The summed E-state index contributed by atoms with van der Waals surface area (Å²) in [6.07, 6.45) is 2.22. The fourth-order valence-corrected chi connectivity index (χ4v) is 1.59. The lowest BCUT2D eigenvalue weighted by Gasteiger charge is -2.07. The third kappa shape index (κ3) is 4.34. The molecule has 16 heavy (non-hydrogen) atoms. The topological polar surface area (TPSA) is 50.4 Å². The Kier molecular flexibility index (Phi) is 4.83. The molecule has 3 N–H and O–H groups in total. The van der Waals surface area contributed by atoms with Gasteiger partial charge in [0, 0.05) is 12.2 Å². The zero-order chi connectivity index (χ0) is 12.0. The highest BCUT2D eigenvalue weighted by molar-refractivity contribution is 5.92. The molecule has 0 bridgehead atoms. The number of hydrogen-bond acceptors (Lipinski definition) is 1. The molecule has 0 aliphatic rings. The number of aliphatic imine (C=N–C) groups is 1. The van der Waals surface area contributed by atoms with Crippen LogP contribution in [0, 0.1) is 13.8 Å². The van der Waals surface area contributed by atoms with Gasteiger partial charge in [-0.1, -0.05) is 19.4 Å². The van der Waals surface area contributed by atoms with Gasteiger partial charge in [-0.25, -0.2) is 0 Å². The molecule has 88 valence electrons. The van der Waals surface area contributed by atoms with Crippen LogP contribution in [0.15, 0.2) is 23.2 Å². The van der Waals surface area contributed by atoms with Crippen molar-refractivity contribution in [2.24, 2.45) is 10.7 Å². The van der Waals surface area contributed by atoms with Gasteiger partial charge < -0.3 is 11.1 Å². The van der Waals surface area contributed by atoms with E-state index in [1.54, 1.807) is 0 Å². The van der Waals surface area contributed by atoms with Crippen molar-refractivity contribution in [3.05, 3.63) is 29.3 Å². The first-order chi connectivity index (χ1) is 7.61. The molecule has 0 heterocycles. The van der Waals surface area contributed by atoms with Crippen LogP contribution in [0.25, 0.3) is 0 Å². The first-order valence-corrected chi connectivity index (χ1v) is 5.77. The van der Waals surface area contributed by atoms with Gasteiger partial charge >= 0.3 is 0 Å². The van der Waals surface area contributed by atoms with Gasteiger partial charge in [0.25, 0.3) is 0 Å². The van der Waals surface area contributed by atoms with E-state index in [4.69, 9.17) is 5.73 Å². The van der Waals surface area contributed by atoms with Crippen LogP contribution in [0.5, 0.6) is 0 Å². The Labute approximate surface area is 97.8 Å². The first-order valence-electron chi connectivity index (χ1n) is 5.77. The summed E-state index contributed by atoms with van der Waals surface area (Å²) in [5, 5.41) is 3.11. The largest absolute Gasteiger partial charge is 0.370 e. The summed E-state index contributed by atoms with van der Waals surface area (Å²) >= 11 is 0. The highest BCUT2D eigenvalue weighted by atomic mass is 15.1. The van der Waals surface area contributed by atoms with Crippen LogP contribution in [0.3, 0.4) is 0 Å². The van der Waals surface area contributed by atoms with Crippen LogP contribution in [-0.2, 0) is 0 Å². The van der Waals surface area contributed by atoms with Crippen LogP contribution in [0.1, 0.15) is 30.9 Å². The Hall–Kier alpha value is -1.51. The van der Waals surface area contributed by atoms with Crippen molar-refractivity contribution in [3.63, 3.8) is 0 Å². The SMILES string of the molecule is CCCCN=C(N)Nc1cc(C)cc(C)c1. The zero-order valence-electron chi connectivity index (χ0n) is 10.4. The fourth-order valence-electron chi connectivity index (χ4n) is 1.59. The minimum Gasteiger partial charge on any atom is -0.370 e. The number of guanidine groups is 1. The van der Waals surface area contributed by atoms with Crippen LogP contribution in [0.2, 0.25) is 0 Å². The molecule has 0 fully saturated rings. The van der Waals surface area contributed by atoms with E-state index in [-0.39, 0.29) is 0 Å². The van der Waals surface area contributed by atoms with Gasteiger partial charge in [0.05, 0.1) is 0 Å². The molecule has 0 saturated carbocycles. The van der Waals surface area contributed by atoms with Crippen LogP contribution in [-0.4, -0.2) is 12.5 Å². The number of hydrogen-bond donors (Lipinski definition) is 2. The van der Waals surface area contributed by atoms with Crippen molar-refractivity contribution in [1.82, 2.24) is 0 Å². The standard InChI is InChI=1S/C13H21N3/c1-4-5-6-15-13(14)16-12-8-10(2)7-11(3)9-12/h7-9H,4-6H2,1-3H3,(H3,14,15,16). The predicted molar refractivity (Wildman–Crippen MR) is 70.9 cm³/mol. The van der Waals surface area contributed by atoms with Crippen molar-refractivity contribution in [3.8, 4) is 0 Å². The smallest absolute Gasteiger partial charge is 0.193 e. The second-order valence-corrected chi connectivity index (χ2v) is 4.12. The van der Waals surface area contributed by atoms with E-state index < -0.39 is 0 Å². The fraction of sp³-hybridized carbons (Fsp3) is 0.462. The van der Waals surface area contributed by atoms with Gasteiger partial charge in [-0.2, -0.15) is 0 Å². The van der Waals surface area contributed by atoms with E-state index in [2.05, 4.69) is 49.3 Å². The van der Waals surface area contributed by atoms with E-state index in [1.165, 1.54) is 11.1 Å². The highest BCUT2D eigenvalue weighted by Gasteiger charge is 1.97. The molecule has 1 aromatic carbocycles. The van der Waals surface area contributed by atoms with Crippen molar-refractivity contribution in [2.45, 2.75) is 33.6 Å². The normalized spacial score (nSPS) is 11.6. The molecular formula is C13H21N3. The number of rotatable bonds is 4. The first kappa shape index (κ1) is 12.6. The Morgan fingerprint density at radius 1 is 1.25 bits per heavy atom. The molecule has 0 unspecified atom stereocenters. The number of anilines is 1. The van der Waals surface area contributed by atoms with Crippen LogP contribution < -0.4 is 11.1 Å². The second kappa shape index (κ2) is 6.16. The molecule has 0 atom stereocenters. The monoisotopic (exact) mass is 219 g/mol. The highest BCUT2D eigenvalue weighted by Crippen LogP contribution is 2.13. The molecule has 0 aromatic heterocycles. The Morgan fingerprint density at radius 3 is 2.44 bits per heavy atom. The van der Waals surface area contributed by atoms with Gasteiger partial charge in [-0.05, 0) is 43.5 Å². The van der Waals surface area contributed by atoms with Crippen LogP contribution >= 0.6 is 0 Å². The zero-order valence-corrected chi connectivity index (χ0v) is 10.4. The van der Waals surface area contributed by atoms with Gasteiger partial charge in [0.2, 0.25) is 0 Å². The van der Waals surface area contributed by atoms with Crippen molar-refractivity contribution in [2.75, 3.05) is 11.9 Å². The van der Waals surface area contributed by atoms with E-state index in [0.29, 0.717) is 5.96 Å².